The van der Waals surface area contributed by atoms with Gasteiger partial charge in [-0.3, -0.25) is 0 Å². The van der Waals surface area contributed by atoms with Crippen LogP contribution in [0, 0.1) is 11.8 Å². The molecule has 2 rings (SSSR count). The fourth-order valence-corrected chi connectivity index (χ4v) is 2.42. The van der Waals surface area contributed by atoms with Gasteiger partial charge in [0.1, 0.15) is 5.76 Å². The average molecular weight is 279 g/mol. The summed E-state index contributed by atoms with van der Waals surface area (Å²) in [6.45, 7) is 7.75. The van der Waals surface area contributed by atoms with Crippen LogP contribution in [0.4, 0.5) is 0 Å². The van der Waals surface area contributed by atoms with E-state index >= 15 is 0 Å². The minimum absolute atomic E-state index is 0.0967. The summed E-state index contributed by atoms with van der Waals surface area (Å²) in [6.07, 6.45) is 1.08. The molecule has 2 atom stereocenters. The molecule has 0 unspecified atom stereocenters. The Labute approximate surface area is 119 Å². The lowest BCUT2D eigenvalue weighted by Gasteiger charge is -2.37. The number of ether oxygens (including phenoxy) is 2. The molecule has 0 bridgehead atoms. The maximum Gasteiger partial charge on any atom is 0.343 e. The molecule has 5 nitrogen and oxygen atoms in total. The van der Waals surface area contributed by atoms with E-state index in [0.29, 0.717) is 11.7 Å². The normalized spacial score (nSPS) is 26.6. The summed E-state index contributed by atoms with van der Waals surface area (Å²) < 4.78 is 16.4. The third-order valence-corrected chi connectivity index (χ3v) is 3.62. The van der Waals surface area contributed by atoms with Gasteiger partial charge in [0.25, 0.3) is 0 Å². The van der Waals surface area contributed by atoms with Crippen molar-refractivity contribution < 1.29 is 18.7 Å². The van der Waals surface area contributed by atoms with E-state index in [-0.39, 0.29) is 17.8 Å². The number of aliphatic imine (C=N–C) groups is 1. The van der Waals surface area contributed by atoms with Crippen molar-refractivity contribution in [3.05, 3.63) is 24.2 Å². The summed E-state index contributed by atoms with van der Waals surface area (Å²) >= 11 is 0. The van der Waals surface area contributed by atoms with E-state index in [1.165, 1.54) is 6.26 Å². The lowest BCUT2D eigenvalue weighted by atomic mass is 9.83. The fraction of sp³-hybridized carbons (Fsp3) is 0.600. The Balaban J connectivity index is 2.58. The topological polar surface area (TPSA) is 61.0 Å². The SMILES string of the molecule is COC1=N[C@@](c2ccco2)(C(C)C)C(=O)O[C@H]1C(C)C. The van der Waals surface area contributed by atoms with E-state index in [0.717, 1.165) is 0 Å². The Morgan fingerprint density at radius 2 is 2.05 bits per heavy atom. The first-order valence-corrected chi connectivity index (χ1v) is 6.82. The zero-order chi connectivity index (χ0) is 14.9. The van der Waals surface area contributed by atoms with Gasteiger partial charge in [0.05, 0.1) is 13.4 Å². The molecule has 0 aromatic carbocycles. The van der Waals surface area contributed by atoms with Crippen LogP contribution in [0.25, 0.3) is 0 Å². The van der Waals surface area contributed by atoms with Crippen LogP contribution in [0.2, 0.25) is 0 Å². The minimum Gasteiger partial charge on any atom is -0.482 e. The molecular formula is C15H21NO4. The molecule has 5 heteroatoms. The third-order valence-electron chi connectivity index (χ3n) is 3.62. The van der Waals surface area contributed by atoms with Gasteiger partial charge in [0.2, 0.25) is 11.4 Å². The average Bonchev–Trinajstić information content (AvgIpc) is 2.92. The predicted molar refractivity (Wildman–Crippen MR) is 74.4 cm³/mol. The molecule has 0 spiro atoms. The van der Waals surface area contributed by atoms with Crippen molar-refractivity contribution in [2.75, 3.05) is 7.11 Å². The van der Waals surface area contributed by atoms with E-state index < -0.39 is 11.6 Å². The first-order valence-electron chi connectivity index (χ1n) is 6.82. The highest BCUT2D eigenvalue weighted by molar-refractivity contribution is 5.94. The van der Waals surface area contributed by atoms with Crippen molar-refractivity contribution in [1.82, 2.24) is 0 Å². The maximum atomic E-state index is 12.6. The Bertz CT molecular complexity index is 504. The van der Waals surface area contributed by atoms with E-state index in [4.69, 9.17) is 13.9 Å². The smallest absolute Gasteiger partial charge is 0.343 e. The molecule has 0 saturated heterocycles. The van der Waals surface area contributed by atoms with Gasteiger partial charge in [-0.15, -0.1) is 0 Å². The lowest BCUT2D eigenvalue weighted by molar-refractivity contribution is -0.160. The van der Waals surface area contributed by atoms with Crippen molar-refractivity contribution >= 4 is 11.9 Å². The standard InChI is InChI=1S/C15H21NO4/c1-9(2)12-13(18-5)16-15(10(3)4,14(17)20-12)11-7-6-8-19-11/h6-10,12H,1-5H3/t12-,15+/m0/s1. The number of cyclic esters (lactones) is 1. The highest BCUT2D eigenvalue weighted by Gasteiger charge is 2.53. The number of hydrogen-bond acceptors (Lipinski definition) is 5. The van der Waals surface area contributed by atoms with E-state index in [2.05, 4.69) is 4.99 Å². The summed E-state index contributed by atoms with van der Waals surface area (Å²) in [7, 11) is 1.54. The number of methoxy groups -OCH3 is 1. The number of nitrogens with zero attached hydrogens (tertiary/aromatic N) is 1. The Morgan fingerprint density at radius 3 is 2.50 bits per heavy atom. The Morgan fingerprint density at radius 1 is 1.35 bits per heavy atom. The van der Waals surface area contributed by atoms with Gasteiger partial charge >= 0.3 is 5.97 Å². The molecule has 0 amide bonds. The van der Waals surface area contributed by atoms with E-state index in [9.17, 15) is 4.79 Å². The number of furan rings is 1. The van der Waals surface area contributed by atoms with Crippen molar-refractivity contribution in [2.45, 2.75) is 39.3 Å². The number of carbonyl (C=O) groups excluding carboxylic acids is 1. The number of rotatable bonds is 3. The fourth-order valence-electron chi connectivity index (χ4n) is 2.42. The maximum absolute atomic E-state index is 12.6. The third kappa shape index (κ3) is 2.11. The molecule has 1 aliphatic rings. The first kappa shape index (κ1) is 14.6. The van der Waals surface area contributed by atoms with Gasteiger partial charge in [-0.1, -0.05) is 27.7 Å². The van der Waals surface area contributed by atoms with E-state index in [1.807, 2.05) is 27.7 Å². The summed E-state index contributed by atoms with van der Waals surface area (Å²) in [5, 5.41) is 0. The second-order valence-electron chi connectivity index (χ2n) is 5.62. The van der Waals surface area contributed by atoms with Crippen LogP contribution in [0.1, 0.15) is 33.5 Å². The first-order chi connectivity index (χ1) is 9.43. The van der Waals surface area contributed by atoms with Gasteiger partial charge in [-0.25, -0.2) is 9.79 Å². The molecule has 20 heavy (non-hydrogen) atoms. The van der Waals surface area contributed by atoms with Crippen molar-refractivity contribution in [3.8, 4) is 0 Å². The number of carbonyl (C=O) groups is 1. The molecule has 110 valence electrons. The van der Waals surface area contributed by atoms with Crippen LogP contribution in [0.5, 0.6) is 0 Å². The van der Waals surface area contributed by atoms with Crippen molar-refractivity contribution in [2.24, 2.45) is 16.8 Å². The molecule has 0 saturated carbocycles. The van der Waals surface area contributed by atoms with Crippen LogP contribution in [0.15, 0.2) is 27.8 Å². The van der Waals surface area contributed by atoms with Gasteiger partial charge < -0.3 is 13.9 Å². The van der Waals surface area contributed by atoms with Gasteiger partial charge in [0.15, 0.2) is 6.10 Å². The molecule has 0 fully saturated rings. The van der Waals surface area contributed by atoms with Gasteiger partial charge in [-0.05, 0) is 24.0 Å². The molecule has 0 N–H and O–H groups in total. The quantitative estimate of drug-likeness (QED) is 0.798. The van der Waals surface area contributed by atoms with Crippen LogP contribution >= 0.6 is 0 Å². The summed E-state index contributed by atoms with van der Waals surface area (Å²) in [5.41, 5.74) is -1.17. The predicted octanol–water partition coefficient (Wildman–Crippen LogP) is 2.76. The summed E-state index contributed by atoms with van der Waals surface area (Å²) in [6, 6.07) is 3.48. The molecule has 1 aliphatic heterocycles. The van der Waals surface area contributed by atoms with Crippen molar-refractivity contribution in [1.29, 1.82) is 0 Å². The highest BCUT2D eigenvalue weighted by Crippen LogP contribution is 2.39. The molecule has 1 aromatic rings. The monoisotopic (exact) mass is 279 g/mol. The van der Waals surface area contributed by atoms with Gasteiger partial charge in [0, 0.05) is 0 Å². The Hall–Kier alpha value is -1.78. The second kappa shape index (κ2) is 5.31. The van der Waals surface area contributed by atoms with Crippen molar-refractivity contribution in [3.63, 3.8) is 0 Å². The van der Waals surface area contributed by atoms with Gasteiger partial charge in [-0.2, -0.15) is 0 Å². The minimum atomic E-state index is -1.17. The Kier molecular flexibility index (Phi) is 3.88. The molecule has 1 aromatic heterocycles. The van der Waals surface area contributed by atoms with E-state index in [1.54, 1.807) is 19.2 Å². The number of hydrogen-bond donors (Lipinski definition) is 0. The summed E-state index contributed by atoms with van der Waals surface area (Å²) in [4.78, 5) is 17.2. The molecule has 0 aliphatic carbocycles. The van der Waals surface area contributed by atoms with Crippen LogP contribution in [-0.4, -0.2) is 25.1 Å². The molecular weight excluding hydrogens is 258 g/mol. The highest BCUT2D eigenvalue weighted by atomic mass is 16.6. The zero-order valence-electron chi connectivity index (χ0n) is 12.5. The molecule has 2 heterocycles. The van der Waals surface area contributed by atoms with Crippen LogP contribution < -0.4 is 0 Å². The van der Waals surface area contributed by atoms with Crippen LogP contribution in [-0.2, 0) is 19.8 Å². The lowest BCUT2D eigenvalue weighted by Crippen LogP contribution is -2.50. The molecule has 0 radical (unpaired) electrons. The summed E-state index contributed by atoms with van der Waals surface area (Å²) in [5.74, 6) is 0.514. The second-order valence-corrected chi connectivity index (χ2v) is 5.62. The van der Waals surface area contributed by atoms with Crippen LogP contribution in [0.3, 0.4) is 0 Å². The number of esters is 1. The largest absolute Gasteiger partial charge is 0.482 e. The zero-order valence-corrected chi connectivity index (χ0v) is 12.5.